The zero-order valence-corrected chi connectivity index (χ0v) is 12.9. The van der Waals surface area contributed by atoms with Crippen molar-refractivity contribution in [2.24, 2.45) is 0 Å². The van der Waals surface area contributed by atoms with Gasteiger partial charge in [-0.05, 0) is 27.7 Å². The highest BCUT2D eigenvalue weighted by molar-refractivity contribution is 5.25. The molecule has 0 spiro atoms. The van der Waals surface area contributed by atoms with E-state index in [9.17, 15) is 0 Å². The molecule has 1 N–H and O–H groups in total. The summed E-state index contributed by atoms with van der Waals surface area (Å²) < 4.78 is 7.17. The maximum absolute atomic E-state index is 5.09. The molecule has 0 fully saturated rings. The predicted molar refractivity (Wildman–Crippen MR) is 79.6 cm³/mol. The minimum absolute atomic E-state index is 0.565. The monoisotopic (exact) mass is 268 g/mol. The van der Waals surface area contributed by atoms with Crippen LogP contribution < -0.4 is 5.32 Å². The number of rotatable bonds is 9. The Kier molecular flexibility index (Phi) is 6.87. The van der Waals surface area contributed by atoms with Gasteiger partial charge in [-0.15, -0.1) is 0 Å². The molecule has 5 nitrogen and oxygen atoms in total. The molecule has 0 atom stereocenters. The quantitative estimate of drug-likeness (QED) is 0.744. The first-order chi connectivity index (χ1) is 9.06. The first-order valence-electron chi connectivity index (χ1n) is 7.06. The standard InChI is InChI=1S/C14H28N4O/c1-12(2)18(13(3)4)9-7-16-14-15-6-8-17(14)10-11-19-5/h6,8,12-13H,7,9-11H2,1-5H3,(H,15,16). The van der Waals surface area contributed by atoms with Crippen LogP contribution in [0.4, 0.5) is 5.95 Å². The maximum atomic E-state index is 5.09. The van der Waals surface area contributed by atoms with Crippen LogP contribution >= 0.6 is 0 Å². The van der Waals surface area contributed by atoms with E-state index >= 15 is 0 Å². The normalized spacial score (nSPS) is 11.8. The van der Waals surface area contributed by atoms with Crippen molar-refractivity contribution in [3.05, 3.63) is 12.4 Å². The average molecular weight is 268 g/mol. The van der Waals surface area contributed by atoms with Gasteiger partial charge in [-0.25, -0.2) is 4.98 Å². The molecule has 0 amide bonds. The van der Waals surface area contributed by atoms with Gasteiger partial charge in [-0.1, -0.05) is 0 Å². The minimum atomic E-state index is 0.565. The highest BCUT2D eigenvalue weighted by atomic mass is 16.5. The van der Waals surface area contributed by atoms with Crippen molar-refractivity contribution in [2.45, 2.75) is 46.3 Å². The molecule has 1 rings (SSSR count). The summed E-state index contributed by atoms with van der Waals surface area (Å²) in [6, 6.07) is 1.13. The first kappa shape index (κ1) is 16.0. The zero-order valence-electron chi connectivity index (χ0n) is 12.9. The summed E-state index contributed by atoms with van der Waals surface area (Å²) in [5.74, 6) is 0.921. The molecule has 110 valence electrons. The minimum Gasteiger partial charge on any atom is -0.383 e. The van der Waals surface area contributed by atoms with Gasteiger partial charge in [0.1, 0.15) is 0 Å². The fourth-order valence-electron chi connectivity index (χ4n) is 2.26. The number of imidazole rings is 1. The number of anilines is 1. The lowest BCUT2D eigenvalue weighted by molar-refractivity contribution is 0.182. The van der Waals surface area contributed by atoms with Crippen molar-refractivity contribution in [2.75, 3.05) is 32.1 Å². The van der Waals surface area contributed by atoms with E-state index in [0.717, 1.165) is 25.6 Å². The Balaban J connectivity index is 2.42. The molecule has 0 saturated carbocycles. The number of hydrogen-bond acceptors (Lipinski definition) is 4. The van der Waals surface area contributed by atoms with Gasteiger partial charge in [0.25, 0.3) is 0 Å². The summed E-state index contributed by atoms with van der Waals surface area (Å²) in [4.78, 5) is 6.80. The van der Waals surface area contributed by atoms with E-state index < -0.39 is 0 Å². The summed E-state index contributed by atoms with van der Waals surface area (Å²) in [5, 5.41) is 3.40. The van der Waals surface area contributed by atoms with Gasteiger partial charge in [0.05, 0.1) is 6.61 Å². The second-order valence-electron chi connectivity index (χ2n) is 5.29. The summed E-state index contributed by atoms with van der Waals surface area (Å²) in [6.45, 7) is 12.4. The lowest BCUT2D eigenvalue weighted by Crippen LogP contribution is -2.40. The number of nitrogens with zero attached hydrogens (tertiary/aromatic N) is 3. The van der Waals surface area contributed by atoms with Crippen LogP contribution in [0.2, 0.25) is 0 Å². The van der Waals surface area contributed by atoms with Crippen LogP contribution in [0.25, 0.3) is 0 Å². The maximum Gasteiger partial charge on any atom is 0.202 e. The summed E-state index contributed by atoms with van der Waals surface area (Å²) in [6.07, 6.45) is 3.80. The third-order valence-corrected chi connectivity index (χ3v) is 3.23. The molecule has 0 aliphatic carbocycles. The van der Waals surface area contributed by atoms with Crippen LogP contribution in [-0.2, 0) is 11.3 Å². The molecule has 19 heavy (non-hydrogen) atoms. The molecule has 1 heterocycles. The third kappa shape index (κ3) is 5.20. The van der Waals surface area contributed by atoms with Crippen LogP contribution in [0.15, 0.2) is 12.4 Å². The Bertz CT molecular complexity index is 341. The van der Waals surface area contributed by atoms with Gasteiger partial charge in [0.15, 0.2) is 0 Å². The molecule has 0 radical (unpaired) electrons. The Morgan fingerprint density at radius 2 is 2.00 bits per heavy atom. The SMILES string of the molecule is COCCn1ccnc1NCCN(C(C)C)C(C)C. The highest BCUT2D eigenvalue weighted by Gasteiger charge is 2.12. The topological polar surface area (TPSA) is 42.3 Å². The third-order valence-electron chi connectivity index (χ3n) is 3.23. The van der Waals surface area contributed by atoms with E-state index in [4.69, 9.17) is 4.74 Å². The molecule has 0 bridgehead atoms. The van der Waals surface area contributed by atoms with Gasteiger partial charge < -0.3 is 14.6 Å². The van der Waals surface area contributed by atoms with Gasteiger partial charge in [0, 0.05) is 51.2 Å². The Labute approximate surface area is 117 Å². The van der Waals surface area contributed by atoms with Crippen molar-refractivity contribution in [1.82, 2.24) is 14.5 Å². The number of nitrogens with one attached hydrogen (secondary N) is 1. The Morgan fingerprint density at radius 3 is 2.58 bits per heavy atom. The second kappa shape index (κ2) is 8.17. The predicted octanol–water partition coefficient (Wildman–Crippen LogP) is 2.06. The molecule has 1 aromatic rings. The lowest BCUT2D eigenvalue weighted by atomic mass is 10.2. The average Bonchev–Trinajstić information content (AvgIpc) is 2.78. The summed E-state index contributed by atoms with van der Waals surface area (Å²) in [5.41, 5.74) is 0. The van der Waals surface area contributed by atoms with Gasteiger partial charge in [-0.2, -0.15) is 0 Å². The Hall–Kier alpha value is -1.07. The van der Waals surface area contributed by atoms with Gasteiger partial charge >= 0.3 is 0 Å². The van der Waals surface area contributed by atoms with E-state index in [1.54, 1.807) is 7.11 Å². The molecule has 1 aromatic heterocycles. The van der Waals surface area contributed by atoms with E-state index in [1.165, 1.54) is 0 Å². The highest BCUT2D eigenvalue weighted by Crippen LogP contribution is 2.06. The van der Waals surface area contributed by atoms with Gasteiger partial charge in [-0.3, -0.25) is 4.90 Å². The molecule has 0 aliphatic rings. The van der Waals surface area contributed by atoms with E-state index in [2.05, 4.69) is 47.5 Å². The van der Waals surface area contributed by atoms with Crippen LogP contribution in [0.5, 0.6) is 0 Å². The smallest absolute Gasteiger partial charge is 0.202 e. The van der Waals surface area contributed by atoms with E-state index in [-0.39, 0.29) is 0 Å². The molecule has 0 unspecified atom stereocenters. The first-order valence-corrected chi connectivity index (χ1v) is 7.06. The second-order valence-corrected chi connectivity index (χ2v) is 5.29. The summed E-state index contributed by atoms with van der Waals surface area (Å²) >= 11 is 0. The largest absolute Gasteiger partial charge is 0.383 e. The molecule has 5 heteroatoms. The van der Waals surface area contributed by atoms with Crippen molar-refractivity contribution < 1.29 is 4.74 Å². The van der Waals surface area contributed by atoms with Crippen LogP contribution in [-0.4, -0.2) is 53.3 Å². The lowest BCUT2D eigenvalue weighted by Gasteiger charge is -2.30. The van der Waals surface area contributed by atoms with Crippen molar-refractivity contribution >= 4 is 5.95 Å². The Morgan fingerprint density at radius 1 is 1.32 bits per heavy atom. The van der Waals surface area contributed by atoms with Crippen LogP contribution in [0.3, 0.4) is 0 Å². The summed E-state index contributed by atoms with van der Waals surface area (Å²) in [7, 11) is 1.72. The number of hydrogen-bond donors (Lipinski definition) is 1. The molecular formula is C14H28N4O. The van der Waals surface area contributed by atoms with E-state index in [0.29, 0.717) is 18.7 Å². The fraction of sp³-hybridized carbons (Fsp3) is 0.786. The number of methoxy groups -OCH3 is 1. The molecule has 0 aliphatic heterocycles. The number of ether oxygens (including phenoxy) is 1. The molecule has 0 aromatic carbocycles. The van der Waals surface area contributed by atoms with Crippen molar-refractivity contribution in [3.8, 4) is 0 Å². The fourth-order valence-corrected chi connectivity index (χ4v) is 2.26. The molecule has 0 saturated heterocycles. The van der Waals surface area contributed by atoms with E-state index in [1.807, 2.05) is 12.4 Å². The zero-order chi connectivity index (χ0) is 14.3. The number of aromatic nitrogens is 2. The molecular weight excluding hydrogens is 240 g/mol. The van der Waals surface area contributed by atoms with Crippen molar-refractivity contribution in [3.63, 3.8) is 0 Å². The van der Waals surface area contributed by atoms with Crippen LogP contribution in [0, 0.1) is 0 Å². The van der Waals surface area contributed by atoms with Gasteiger partial charge in [0.2, 0.25) is 5.95 Å². The van der Waals surface area contributed by atoms with Crippen LogP contribution in [0.1, 0.15) is 27.7 Å². The van der Waals surface area contributed by atoms with Crippen molar-refractivity contribution in [1.29, 1.82) is 0 Å².